The van der Waals surface area contributed by atoms with Crippen molar-refractivity contribution in [2.24, 2.45) is 0 Å². The van der Waals surface area contributed by atoms with Crippen LogP contribution in [0.4, 0.5) is 5.95 Å². The number of hydrogen-bond acceptors (Lipinski definition) is 3. The number of hydrogen-bond donors (Lipinski definition) is 1. The molecule has 0 bridgehead atoms. The molecule has 0 radical (unpaired) electrons. The van der Waals surface area contributed by atoms with E-state index in [1.165, 1.54) is 0 Å². The molecule has 0 fully saturated rings. The monoisotopic (exact) mass is 217 g/mol. The molecule has 0 atom stereocenters. The molecule has 0 aliphatic heterocycles. The van der Waals surface area contributed by atoms with Gasteiger partial charge >= 0.3 is 0 Å². The fraction of sp³-hybridized carbons (Fsp3) is 0.250. The summed E-state index contributed by atoms with van der Waals surface area (Å²) in [5.74, 6) is 1.68. The van der Waals surface area contributed by atoms with E-state index < -0.39 is 0 Å². The van der Waals surface area contributed by atoms with Gasteiger partial charge in [-0.25, -0.2) is 4.98 Å². The minimum absolute atomic E-state index is 0.673. The Morgan fingerprint density at radius 2 is 2.31 bits per heavy atom. The minimum atomic E-state index is 0.673. The Bertz CT molecular complexity index is 465. The second-order valence-corrected chi connectivity index (χ2v) is 3.30. The van der Waals surface area contributed by atoms with Crippen molar-refractivity contribution in [3.05, 3.63) is 36.7 Å². The van der Waals surface area contributed by atoms with Gasteiger partial charge in [0.25, 0.3) is 0 Å². The van der Waals surface area contributed by atoms with Gasteiger partial charge in [-0.1, -0.05) is 6.07 Å². The van der Waals surface area contributed by atoms with Gasteiger partial charge in [-0.15, -0.1) is 0 Å². The largest absolute Gasteiger partial charge is 0.494 e. The smallest absolute Gasteiger partial charge is 0.207 e. The van der Waals surface area contributed by atoms with Crippen LogP contribution >= 0.6 is 0 Å². The lowest BCUT2D eigenvalue weighted by Gasteiger charge is -2.09. The molecule has 0 aliphatic rings. The highest BCUT2D eigenvalue weighted by Gasteiger charge is 2.03. The molecule has 4 nitrogen and oxygen atoms in total. The van der Waals surface area contributed by atoms with Gasteiger partial charge < -0.3 is 10.1 Å². The van der Waals surface area contributed by atoms with Crippen molar-refractivity contribution in [1.82, 2.24) is 9.55 Å². The number of nitrogens with zero attached hydrogens (tertiary/aromatic N) is 2. The average Bonchev–Trinajstić information content (AvgIpc) is 2.78. The van der Waals surface area contributed by atoms with E-state index in [-0.39, 0.29) is 0 Å². The summed E-state index contributed by atoms with van der Waals surface area (Å²) in [5, 5.41) is 3.04. The summed E-state index contributed by atoms with van der Waals surface area (Å²) in [7, 11) is 1.85. The van der Waals surface area contributed by atoms with Crippen molar-refractivity contribution in [2.45, 2.75) is 6.92 Å². The second-order valence-electron chi connectivity index (χ2n) is 3.30. The normalized spacial score (nSPS) is 10.1. The van der Waals surface area contributed by atoms with Crippen molar-refractivity contribution < 1.29 is 4.74 Å². The highest BCUT2D eigenvalue weighted by Crippen LogP contribution is 2.19. The number of rotatable bonds is 4. The molecule has 4 heteroatoms. The van der Waals surface area contributed by atoms with Crippen LogP contribution in [0.15, 0.2) is 36.7 Å². The fourth-order valence-electron chi connectivity index (χ4n) is 1.59. The van der Waals surface area contributed by atoms with Gasteiger partial charge in [0.15, 0.2) is 0 Å². The van der Waals surface area contributed by atoms with Gasteiger partial charge in [0.05, 0.1) is 12.3 Å². The lowest BCUT2D eigenvalue weighted by Crippen LogP contribution is -2.01. The molecule has 0 unspecified atom stereocenters. The third-order valence-electron chi connectivity index (χ3n) is 2.27. The Morgan fingerprint density at radius 3 is 3.06 bits per heavy atom. The highest BCUT2D eigenvalue weighted by atomic mass is 16.5. The molecule has 1 N–H and O–H groups in total. The molecule has 2 aromatic rings. The van der Waals surface area contributed by atoms with E-state index in [1.54, 1.807) is 6.20 Å². The van der Waals surface area contributed by atoms with Gasteiger partial charge in [-0.2, -0.15) is 0 Å². The molecule has 16 heavy (non-hydrogen) atoms. The highest BCUT2D eigenvalue weighted by molar-refractivity contribution is 5.45. The zero-order valence-corrected chi connectivity index (χ0v) is 9.47. The molecule has 0 saturated carbocycles. The molecule has 2 rings (SSSR count). The summed E-state index contributed by atoms with van der Waals surface area (Å²) >= 11 is 0. The van der Waals surface area contributed by atoms with Crippen LogP contribution in [0.3, 0.4) is 0 Å². The maximum Gasteiger partial charge on any atom is 0.207 e. The van der Waals surface area contributed by atoms with Crippen LogP contribution < -0.4 is 10.1 Å². The van der Waals surface area contributed by atoms with Gasteiger partial charge in [-0.05, 0) is 19.1 Å². The average molecular weight is 217 g/mol. The number of benzene rings is 1. The zero-order valence-electron chi connectivity index (χ0n) is 9.47. The summed E-state index contributed by atoms with van der Waals surface area (Å²) in [6.07, 6.45) is 3.68. The first-order valence-electron chi connectivity index (χ1n) is 5.29. The minimum Gasteiger partial charge on any atom is -0.494 e. The van der Waals surface area contributed by atoms with E-state index in [9.17, 15) is 0 Å². The molecular formula is C12H15N3O. The second kappa shape index (κ2) is 4.70. The predicted octanol–water partition coefficient (Wildman–Crippen LogP) is 2.31. The van der Waals surface area contributed by atoms with Crippen molar-refractivity contribution in [3.8, 4) is 11.4 Å². The van der Waals surface area contributed by atoms with Gasteiger partial charge in [0.1, 0.15) is 5.75 Å². The van der Waals surface area contributed by atoms with Crippen molar-refractivity contribution in [1.29, 1.82) is 0 Å². The van der Waals surface area contributed by atoms with Crippen LogP contribution in [0.25, 0.3) is 5.69 Å². The van der Waals surface area contributed by atoms with E-state index in [0.29, 0.717) is 6.61 Å². The van der Waals surface area contributed by atoms with Gasteiger partial charge in [0, 0.05) is 25.5 Å². The van der Waals surface area contributed by atoms with Crippen molar-refractivity contribution >= 4 is 5.95 Å². The maximum absolute atomic E-state index is 5.46. The molecule has 1 aromatic heterocycles. The Balaban J connectivity index is 2.36. The first-order valence-corrected chi connectivity index (χ1v) is 5.29. The molecular weight excluding hydrogens is 202 g/mol. The zero-order chi connectivity index (χ0) is 11.4. The third-order valence-corrected chi connectivity index (χ3v) is 2.27. The molecule has 0 amide bonds. The van der Waals surface area contributed by atoms with Crippen LogP contribution in [0, 0.1) is 0 Å². The Hall–Kier alpha value is -1.97. The summed E-state index contributed by atoms with van der Waals surface area (Å²) in [6, 6.07) is 7.93. The molecule has 0 saturated heterocycles. The van der Waals surface area contributed by atoms with Crippen molar-refractivity contribution in [2.75, 3.05) is 19.0 Å². The SMILES string of the molecule is CCOc1cccc(-n2ccnc2NC)c1. The van der Waals surface area contributed by atoms with E-state index >= 15 is 0 Å². The first-order chi connectivity index (χ1) is 7.85. The Kier molecular flexibility index (Phi) is 3.10. The maximum atomic E-state index is 5.46. The predicted molar refractivity (Wildman–Crippen MR) is 64.3 cm³/mol. The van der Waals surface area contributed by atoms with Crippen LogP contribution in [0.1, 0.15) is 6.92 Å². The van der Waals surface area contributed by atoms with Crippen molar-refractivity contribution in [3.63, 3.8) is 0 Å². The quantitative estimate of drug-likeness (QED) is 0.854. The molecule has 0 spiro atoms. The summed E-state index contributed by atoms with van der Waals surface area (Å²) in [4.78, 5) is 4.20. The van der Waals surface area contributed by atoms with Gasteiger partial charge in [0.2, 0.25) is 5.95 Å². The number of imidazole rings is 1. The Morgan fingerprint density at radius 1 is 1.44 bits per heavy atom. The first kappa shape index (κ1) is 10.5. The van der Waals surface area contributed by atoms with Crippen LogP contribution in [0.2, 0.25) is 0 Å². The number of aromatic nitrogens is 2. The van der Waals surface area contributed by atoms with E-state index in [4.69, 9.17) is 4.74 Å². The van der Waals surface area contributed by atoms with Crippen LogP contribution in [-0.2, 0) is 0 Å². The molecule has 0 aliphatic carbocycles. The molecule has 84 valence electrons. The topological polar surface area (TPSA) is 39.1 Å². The summed E-state index contributed by atoms with van der Waals surface area (Å²) < 4.78 is 7.44. The summed E-state index contributed by atoms with van der Waals surface area (Å²) in [5.41, 5.74) is 1.04. The molecule has 1 heterocycles. The van der Waals surface area contributed by atoms with E-state index in [0.717, 1.165) is 17.4 Å². The van der Waals surface area contributed by atoms with E-state index in [2.05, 4.69) is 10.3 Å². The number of ether oxygens (including phenoxy) is 1. The standard InChI is InChI=1S/C12H15N3O/c1-3-16-11-6-4-5-10(9-11)15-8-7-14-12(15)13-2/h4-9H,3H2,1-2H3,(H,13,14). The summed E-state index contributed by atoms with van der Waals surface area (Å²) in [6.45, 7) is 2.65. The molecule has 1 aromatic carbocycles. The fourth-order valence-corrected chi connectivity index (χ4v) is 1.59. The Labute approximate surface area is 94.9 Å². The van der Waals surface area contributed by atoms with Gasteiger partial charge in [-0.3, -0.25) is 4.57 Å². The number of anilines is 1. The third kappa shape index (κ3) is 2.00. The van der Waals surface area contributed by atoms with E-state index in [1.807, 2.05) is 49.0 Å². The number of nitrogens with one attached hydrogen (secondary N) is 1. The van der Waals surface area contributed by atoms with Crippen LogP contribution in [0.5, 0.6) is 5.75 Å². The van der Waals surface area contributed by atoms with Crippen LogP contribution in [-0.4, -0.2) is 23.2 Å². The lowest BCUT2D eigenvalue weighted by atomic mass is 10.3. The lowest BCUT2D eigenvalue weighted by molar-refractivity contribution is 0.340.